The first kappa shape index (κ1) is 11.4. The van der Waals surface area contributed by atoms with Crippen LogP contribution in [-0.2, 0) is 0 Å². The van der Waals surface area contributed by atoms with Crippen molar-refractivity contribution in [3.63, 3.8) is 0 Å². The predicted octanol–water partition coefficient (Wildman–Crippen LogP) is 2.17. The van der Waals surface area contributed by atoms with Crippen molar-refractivity contribution in [2.24, 2.45) is 17.3 Å². The fourth-order valence-electron chi connectivity index (χ4n) is 2.73. The first-order valence-corrected chi connectivity index (χ1v) is 6.49. The second kappa shape index (κ2) is 4.42. The van der Waals surface area contributed by atoms with Crippen LogP contribution in [0.25, 0.3) is 0 Å². The minimum atomic E-state index is 0.264. The number of aliphatic hydroxyl groups excluding tert-OH is 1. The van der Waals surface area contributed by atoms with Crippen LogP contribution in [0.15, 0.2) is 0 Å². The van der Waals surface area contributed by atoms with Gasteiger partial charge in [0.1, 0.15) is 0 Å². The van der Waals surface area contributed by atoms with Crippen LogP contribution in [0.1, 0.15) is 46.0 Å². The normalized spacial score (nSPS) is 39.0. The van der Waals surface area contributed by atoms with E-state index >= 15 is 0 Å². The standard InChI is InChI=1S/C13H25NO/c1-10-3-4-11(2)12(7-10)14-8-13(9-15)5-6-13/h10-12,14-15H,3-9H2,1-2H3. The Balaban J connectivity index is 1.77. The molecule has 0 aromatic rings. The van der Waals surface area contributed by atoms with Crippen LogP contribution >= 0.6 is 0 Å². The summed E-state index contributed by atoms with van der Waals surface area (Å²) in [6.45, 7) is 6.13. The molecule has 3 atom stereocenters. The van der Waals surface area contributed by atoms with Crippen LogP contribution in [-0.4, -0.2) is 24.3 Å². The topological polar surface area (TPSA) is 32.3 Å². The molecule has 3 unspecified atom stereocenters. The Kier molecular flexibility index (Phi) is 3.36. The lowest BCUT2D eigenvalue weighted by molar-refractivity contribution is 0.178. The third-order valence-corrected chi connectivity index (χ3v) is 4.49. The SMILES string of the molecule is CC1CCC(C)C(NCC2(CO)CC2)C1. The second-order valence-corrected chi connectivity index (χ2v) is 6.04. The van der Waals surface area contributed by atoms with Gasteiger partial charge in [0.25, 0.3) is 0 Å². The van der Waals surface area contributed by atoms with Crippen LogP contribution in [0.2, 0.25) is 0 Å². The molecule has 0 saturated heterocycles. The van der Waals surface area contributed by atoms with E-state index in [0.717, 1.165) is 18.4 Å². The molecule has 0 amide bonds. The van der Waals surface area contributed by atoms with Gasteiger partial charge in [0.2, 0.25) is 0 Å². The maximum Gasteiger partial charge on any atom is 0.0499 e. The van der Waals surface area contributed by atoms with E-state index in [2.05, 4.69) is 19.2 Å². The number of hydrogen-bond donors (Lipinski definition) is 2. The summed E-state index contributed by atoms with van der Waals surface area (Å²) in [5.74, 6) is 1.69. The molecule has 0 spiro atoms. The van der Waals surface area contributed by atoms with Gasteiger partial charge in [0.05, 0.1) is 0 Å². The molecule has 2 aliphatic rings. The van der Waals surface area contributed by atoms with Crippen molar-refractivity contribution in [3.05, 3.63) is 0 Å². The maximum atomic E-state index is 9.26. The molecule has 2 saturated carbocycles. The van der Waals surface area contributed by atoms with Crippen LogP contribution in [0.5, 0.6) is 0 Å². The van der Waals surface area contributed by atoms with E-state index in [1.54, 1.807) is 0 Å². The summed E-state index contributed by atoms with van der Waals surface area (Å²) in [6.07, 6.45) is 6.51. The van der Waals surface area contributed by atoms with Crippen LogP contribution in [0.4, 0.5) is 0 Å². The summed E-state index contributed by atoms with van der Waals surface area (Å²) in [4.78, 5) is 0. The highest BCUT2D eigenvalue weighted by Crippen LogP contribution is 2.44. The fourth-order valence-corrected chi connectivity index (χ4v) is 2.73. The smallest absolute Gasteiger partial charge is 0.0499 e. The zero-order chi connectivity index (χ0) is 10.9. The highest BCUT2D eigenvalue weighted by molar-refractivity contribution is 4.95. The van der Waals surface area contributed by atoms with Crippen LogP contribution in [0, 0.1) is 17.3 Å². The Hall–Kier alpha value is -0.0800. The van der Waals surface area contributed by atoms with E-state index in [4.69, 9.17) is 0 Å². The van der Waals surface area contributed by atoms with Crippen molar-refractivity contribution in [2.45, 2.75) is 52.0 Å². The van der Waals surface area contributed by atoms with Crippen molar-refractivity contribution >= 4 is 0 Å². The summed E-state index contributed by atoms with van der Waals surface area (Å²) in [5.41, 5.74) is 0.264. The monoisotopic (exact) mass is 211 g/mol. The molecule has 2 fully saturated rings. The number of rotatable bonds is 4. The fraction of sp³-hybridized carbons (Fsp3) is 1.00. The molecular weight excluding hydrogens is 186 g/mol. The largest absolute Gasteiger partial charge is 0.396 e. The quantitative estimate of drug-likeness (QED) is 0.747. The Morgan fingerprint density at radius 3 is 2.60 bits per heavy atom. The number of aliphatic hydroxyl groups is 1. The molecule has 0 heterocycles. The van der Waals surface area contributed by atoms with Crippen molar-refractivity contribution in [1.29, 1.82) is 0 Å². The van der Waals surface area contributed by atoms with Crippen molar-refractivity contribution in [1.82, 2.24) is 5.32 Å². The maximum absolute atomic E-state index is 9.26. The Bertz CT molecular complexity index is 213. The summed E-state index contributed by atoms with van der Waals surface area (Å²) >= 11 is 0. The van der Waals surface area contributed by atoms with Gasteiger partial charge in [-0.15, -0.1) is 0 Å². The molecule has 0 bridgehead atoms. The van der Waals surface area contributed by atoms with Crippen LogP contribution < -0.4 is 5.32 Å². The lowest BCUT2D eigenvalue weighted by Crippen LogP contribution is -2.42. The molecule has 2 rings (SSSR count). The predicted molar refractivity (Wildman–Crippen MR) is 62.7 cm³/mol. The number of nitrogens with one attached hydrogen (secondary N) is 1. The average molecular weight is 211 g/mol. The molecule has 15 heavy (non-hydrogen) atoms. The molecule has 88 valence electrons. The Labute approximate surface area is 93.5 Å². The first-order valence-electron chi connectivity index (χ1n) is 6.49. The molecule has 0 aromatic heterocycles. The number of hydrogen-bond acceptors (Lipinski definition) is 2. The molecule has 2 aliphatic carbocycles. The first-order chi connectivity index (χ1) is 7.15. The molecule has 2 N–H and O–H groups in total. The lowest BCUT2D eigenvalue weighted by Gasteiger charge is -2.34. The van der Waals surface area contributed by atoms with Gasteiger partial charge in [-0.05, 0) is 37.5 Å². The second-order valence-electron chi connectivity index (χ2n) is 6.04. The zero-order valence-corrected chi connectivity index (χ0v) is 10.1. The van der Waals surface area contributed by atoms with E-state index in [1.807, 2.05) is 0 Å². The van der Waals surface area contributed by atoms with Crippen molar-refractivity contribution in [3.8, 4) is 0 Å². The summed E-state index contributed by atoms with van der Waals surface area (Å²) in [5, 5.41) is 13.0. The Morgan fingerprint density at radius 1 is 1.27 bits per heavy atom. The van der Waals surface area contributed by atoms with Crippen molar-refractivity contribution < 1.29 is 5.11 Å². The molecular formula is C13H25NO. The highest BCUT2D eigenvalue weighted by Gasteiger charge is 2.42. The van der Waals surface area contributed by atoms with Gasteiger partial charge < -0.3 is 10.4 Å². The highest BCUT2D eigenvalue weighted by atomic mass is 16.3. The Morgan fingerprint density at radius 2 is 2.00 bits per heavy atom. The lowest BCUT2D eigenvalue weighted by atomic mass is 9.80. The average Bonchev–Trinajstić information content (AvgIpc) is 3.00. The van der Waals surface area contributed by atoms with Crippen LogP contribution in [0.3, 0.4) is 0 Å². The van der Waals surface area contributed by atoms with E-state index in [0.29, 0.717) is 12.6 Å². The van der Waals surface area contributed by atoms with E-state index in [-0.39, 0.29) is 5.41 Å². The van der Waals surface area contributed by atoms with E-state index in [9.17, 15) is 5.11 Å². The summed E-state index contributed by atoms with van der Waals surface area (Å²) in [6, 6.07) is 0.692. The van der Waals surface area contributed by atoms with Gasteiger partial charge in [-0.1, -0.05) is 20.3 Å². The van der Waals surface area contributed by atoms with Gasteiger partial charge in [-0.2, -0.15) is 0 Å². The molecule has 0 aliphatic heterocycles. The minimum absolute atomic E-state index is 0.264. The summed E-state index contributed by atoms with van der Waals surface area (Å²) < 4.78 is 0. The van der Waals surface area contributed by atoms with E-state index in [1.165, 1.54) is 32.1 Å². The van der Waals surface area contributed by atoms with Gasteiger partial charge in [-0.25, -0.2) is 0 Å². The van der Waals surface area contributed by atoms with Gasteiger partial charge in [0.15, 0.2) is 0 Å². The van der Waals surface area contributed by atoms with Crippen molar-refractivity contribution in [2.75, 3.05) is 13.2 Å². The van der Waals surface area contributed by atoms with Gasteiger partial charge in [-0.3, -0.25) is 0 Å². The van der Waals surface area contributed by atoms with E-state index < -0.39 is 0 Å². The molecule has 2 nitrogen and oxygen atoms in total. The van der Waals surface area contributed by atoms with Gasteiger partial charge >= 0.3 is 0 Å². The summed E-state index contributed by atoms with van der Waals surface area (Å²) in [7, 11) is 0. The molecule has 0 radical (unpaired) electrons. The third-order valence-electron chi connectivity index (χ3n) is 4.49. The van der Waals surface area contributed by atoms with Gasteiger partial charge in [0, 0.05) is 24.6 Å². The third kappa shape index (κ3) is 2.73. The zero-order valence-electron chi connectivity index (χ0n) is 10.1. The molecule has 0 aromatic carbocycles. The molecule has 2 heteroatoms. The minimum Gasteiger partial charge on any atom is -0.396 e.